The van der Waals surface area contributed by atoms with Crippen molar-refractivity contribution < 1.29 is 9.90 Å². The second kappa shape index (κ2) is 7.86. The number of hydrogen-bond donors (Lipinski definition) is 2. The first kappa shape index (κ1) is 19.6. The monoisotopic (exact) mass is 387 g/mol. The number of amides is 1. The summed E-state index contributed by atoms with van der Waals surface area (Å²) in [7, 11) is 0. The van der Waals surface area contributed by atoms with Crippen LogP contribution in [0.15, 0.2) is 34.2 Å². The number of aliphatic hydroxyl groups is 1. The smallest absolute Gasteiger partial charge is 0.255 e. The third kappa shape index (κ3) is 4.09. The van der Waals surface area contributed by atoms with Gasteiger partial charge in [-0.05, 0) is 44.1 Å². The molecule has 0 aliphatic carbocycles. The number of nitrogens with zero attached hydrogens (tertiary/aromatic N) is 2. The molecule has 144 valence electrons. The quantitative estimate of drug-likeness (QED) is 0.620. The number of carbonyl (C=O) groups excluding carboxylic acids is 1. The van der Waals surface area contributed by atoms with E-state index in [1.165, 1.54) is 11.8 Å². The lowest BCUT2D eigenvalue weighted by atomic mass is 9.82. The number of H-pyrrole nitrogens is 1. The second-order valence-corrected chi connectivity index (χ2v) is 7.84. The van der Waals surface area contributed by atoms with E-state index in [4.69, 9.17) is 0 Å². The number of piperidine rings is 1. The van der Waals surface area contributed by atoms with Crippen LogP contribution in [0.2, 0.25) is 0 Å². The molecule has 1 aliphatic rings. The van der Waals surface area contributed by atoms with Gasteiger partial charge in [-0.15, -0.1) is 0 Å². The maximum Gasteiger partial charge on any atom is 0.255 e. The standard InChI is InChI=1S/C20H25N3O3S/c1-13-6-4-5-7-16(13)20(26)8-10-23(11-9-20)17(24)12-15-14(2)21-19(27-3)22-18(15)25/h4-7,26H,8-12H2,1-3H3,(H,21,22,25). The summed E-state index contributed by atoms with van der Waals surface area (Å²) in [5.41, 5.74) is 1.83. The summed E-state index contributed by atoms with van der Waals surface area (Å²) in [5, 5.41) is 11.6. The van der Waals surface area contributed by atoms with Crippen LogP contribution in [0.3, 0.4) is 0 Å². The van der Waals surface area contributed by atoms with Crippen molar-refractivity contribution >= 4 is 17.7 Å². The third-order valence-corrected chi connectivity index (χ3v) is 5.89. The lowest BCUT2D eigenvalue weighted by Gasteiger charge is -2.39. The lowest BCUT2D eigenvalue weighted by molar-refractivity contribution is -0.135. The molecule has 1 aromatic carbocycles. The van der Waals surface area contributed by atoms with E-state index in [1.54, 1.807) is 11.8 Å². The highest BCUT2D eigenvalue weighted by Gasteiger charge is 2.36. The molecule has 0 saturated carbocycles. The van der Waals surface area contributed by atoms with Gasteiger partial charge in [-0.1, -0.05) is 36.0 Å². The van der Waals surface area contributed by atoms with Gasteiger partial charge in [-0.3, -0.25) is 9.59 Å². The molecule has 27 heavy (non-hydrogen) atoms. The molecule has 2 heterocycles. The Morgan fingerprint density at radius 1 is 1.30 bits per heavy atom. The Balaban J connectivity index is 1.69. The van der Waals surface area contributed by atoms with Crippen LogP contribution in [0.1, 0.15) is 35.2 Å². The van der Waals surface area contributed by atoms with Crippen molar-refractivity contribution in [3.63, 3.8) is 0 Å². The SMILES string of the molecule is CSc1nc(C)c(CC(=O)N2CCC(O)(c3ccccc3C)CC2)c(=O)[nH]1. The molecule has 1 fully saturated rings. The Bertz CT molecular complexity index is 902. The fraction of sp³-hybridized carbons (Fsp3) is 0.450. The summed E-state index contributed by atoms with van der Waals surface area (Å²) in [4.78, 5) is 33.7. The molecular weight excluding hydrogens is 362 g/mol. The van der Waals surface area contributed by atoms with Crippen molar-refractivity contribution in [2.24, 2.45) is 0 Å². The van der Waals surface area contributed by atoms with E-state index in [2.05, 4.69) is 9.97 Å². The number of aromatic amines is 1. The van der Waals surface area contributed by atoms with Crippen LogP contribution in [0, 0.1) is 13.8 Å². The average Bonchev–Trinajstić information content (AvgIpc) is 2.65. The first-order valence-electron chi connectivity index (χ1n) is 9.04. The number of nitrogens with one attached hydrogen (secondary N) is 1. The Labute approximate surface area is 163 Å². The predicted molar refractivity (Wildman–Crippen MR) is 106 cm³/mol. The molecule has 2 aromatic rings. The summed E-state index contributed by atoms with van der Waals surface area (Å²) in [6.45, 7) is 4.68. The third-order valence-electron chi connectivity index (χ3n) is 5.31. The first-order valence-corrected chi connectivity index (χ1v) is 10.3. The molecule has 2 N–H and O–H groups in total. The van der Waals surface area contributed by atoms with Crippen LogP contribution in [0.4, 0.5) is 0 Å². The Morgan fingerprint density at radius 3 is 2.56 bits per heavy atom. The Hall–Kier alpha value is -2.12. The zero-order chi connectivity index (χ0) is 19.6. The lowest BCUT2D eigenvalue weighted by Crippen LogP contribution is -2.46. The van der Waals surface area contributed by atoms with Gasteiger partial charge in [0.2, 0.25) is 5.91 Å². The maximum atomic E-state index is 12.7. The number of aryl methyl sites for hydroxylation is 2. The maximum absolute atomic E-state index is 12.7. The van der Waals surface area contributed by atoms with Crippen LogP contribution in [-0.2, 0) is 16.8 Å². The van der Waals surface area contributed by atoms with Gasteiger partial charge < -0.3 is 15.0 Å². The van der Waals surface area contributed by atoms with Crippen molar-refractivity contribution in [3.05, 3.63) is 57.0 Å². The molecule has 1 amide bonds. The number of thioether (sulfide) groups is 1. The topological polar surface area (TPSA) is 86.3 Å². The molecule has 0 atom stereocenters. The van der Waals surface area contributed by atoms with Gasteiger partial charge in [0.1, 0.15) is 0 Å². The van der Waals surface area contributed by atoms with Gasteiger partial charge >= 0.3 is 0 Å². The number of rotatable bonds is 4. The average molecular weight is 388 g/mol. The van der Waals surface area contributed by atoms with Crippen LogP contribution in [0.5, 0.6) is 0 Å². The number of hydrogen-bond acceptors (Lipinski definition) is 5. The molecule has 0 unspecified atom stereocenters. The first-order chi connectivity index (χ1) is 12.8. The van der Waals surface area contributed by atoms with E-state index in [9.17, 15) is 14.7 Å². The number of benzene rings is 1. The molecule has 0 spiro atoms. The van der Waals surface area contributed by atoms with Crippen molar-refractivity contribution in [2.75, 3.05) is 19.3 Å². The fourth-order valence-electron chi connectivity index (χ4n) is 3.64. The van der Waals surface area contributed by atoms with E-state index in [0.29, 0.717) is 42.3 Å². The van der Waals surface area contributed by atoms with Gasteiger partial charge in [0.25, 0.3) is 5.56 Å². The molecule has 1 aliphatic heterocycles. The predicted octanol–water partition coefficient (Wildman–Crippen LogP) is 2.16. The summed E-state index contributed by atoms with van der Waals surface area (Å²) in [6, 6.07) is 7.83. The molecule has 1 saturated heterocycles. The summed E-state index contributed by atoms with van der Waals surface area (Å²) in [6.07, 6.45) is 2.85. The van der Waals surface area contributed by atoms with E-state index < -0.39 is 5.60 Å². The highest BCUT2D eigenvalue weighted by molar-refractivity contribution is 7.98. The second-order valence-electron chi connectivity index (χ2n) is 7.04. The summed E-state index contributed by atoms with van der Waals surface area (Å²) >= 11 is 1.36. The van der Waals surface area contributed by atoms with Gasteiger partial charge in [0.05, 0.1) is 12.0 Å². The summed E-state index contributed by atoms with van der Waals surface area (Å²) < 4.78 is 0. The summed E-state index contributed by atoms with van der Waals surface area (Å²) in [5.74, 6) is -0.103. The molecule has 7 heteroatoms. The number of aromatic nitrogens is 2. The van der Waals surface area contributed by atoms with Crippen LogP contribution >= 0.6 is 11.8 Å². The van der Waals surface area contributed by atoms with Crippen molar-refractivity contribution in [1.82, 2.24) is 14.9 Å². The van der Waals surface area contributed by atoms with E-state index in [1.807, 2.05) is 37.4 Å². The highest BCUT2D eigenvalue weighted by Crippen LogP contribution is 2.34. The molecule has 0 radical (unpaired) electrons. The highest BCUT2D eigenvalue weighted by atomic mass is 32.2. The van der Waals surface area contributed by atoms with Gasteiger partial charge in [0, 0.05) is 24.3 Å². The minimum Gasteiger partial charge on any atom is -0.385 e. The van der Waals surface area contributed by atoms with E-state index in [-0.39, 0.29) is 17.9 Å². The van der Waals surface area contributed by atoms with Gasteiger partial charge in [-0.25, -0.2) is 4.98 Å². The van der Waals surface area contributed by atoms with Crippen molar-refractivity contribution in [3.8, 4) is 0 Å². The molecule has 6 nitrogen and oxygen atoms in total. The van der Waals surface area contributed by atoms with Crippen molar-refractivity contribution in [2.45, 2.75) is 43.9 Å². The van der Waals surface area contributed by atoms with Crippen LogP contribution in [-0.4, -0.2) is 45.2 Å². The van der Waals surface area contributed by atoms with E-state index in [0.717, 1.165) is 11.1 Å². The largest absolute Gasteiger partial charge is 0.385 e. The van der Waals surface area contributed by atoms with Crippen LogP contribution in [0.25, 0.3) is 0 Å². The molecular formula is C20H25N3O3S. The molecule has 0 bridgehead atoms. The fourth-order valence-corrected chi connectivity index (χ4v) is 4.07. The van der Waals surface area contributed by atoms with Crippen molar-refractivity contribution in [1.29, 1.82) is 0 Å². The number of likely N-dealkylation sites (tertiary alicyclic amines) is 1. The normalized spacial score (nSPS) is 16.4. The minimum atomic E-state index is -0.906. The molecule has 1 aromatic heterocycles. The van der Waals surface area contributed by atoms with Crippen LogP contribution < -0.4 is 5.56 Å². The van der Waals surface area contributed by atoms with Gasteiger partial charge in [0.15, 0.2) is 5.16 Å². The van der Waals surface area contributed by atoms with Gasteiger partial charge in [-0.2, -0.15) is 0 Å². The molecule has 3 rings (SSSR count). The Kier molecular flexibility index (Phi) is 5.72. The zero-order valence-corrected chi connectivity index (χ0v) is 16.7. The Morgan fingerprint density at radius 2 is 1.96 bits per heavy atom. The van der Waals surface area contributed by atoms with E-state index >= 15 is 0 Å². The minimum absolute atomic E-state index is 0.0334. The number of carbonyl (C=O) groups is 1. The zero-order valence-electron chi connectivity index (χ0n) is 15.9.